The van der Waals surface area contributed by atoms with Gasteiger partial charge in [-0.2, -0.15) is 0 Å². The standard InChI is InChI=1S/C17H20N2O/c1-18-17(14-10-13-6-7-16(14)20-13)12-5-4-11-3-2-8-19-15(11)9-12/h2-5,8-9,13-14,16-18H,6-7,10H2,1H3. The maximum absolute atomic E-state index is 6.02. The van der Waals surface area contributed by atoms with E-state index in [4.69, 9.17) is 4.74 Å². The molecule has 0 radical (unpaired) electrons. The molecule has 1 N–H and O–H groups in total. The maximum atomic E-state index is 6.02. The molecule has 20 heavy (non-hydrogen) atoms. The zero-order valence-electron chi connectivity index (χ0n) is 11.8. The van der Waals surface area contributed by atoms with Crippen molar-refractivity contribution < 1.29 is 4.74 Å². The van der Waals surface area contributed by atoms with Crippen molar-refractivity contribution in [1.82, 2.24) is 10.3 Å². The summed E-state index contributed by atoms with van der Waals surface area (Å²) >= 11 is 0. The predicted molar refractivity (Wildman–Crippen MR) is 79.5 cm³/mol. The Bertz CT molecular complexity index is 627. The molecular formula is C17H20N2O. The van der Waals surface area contributed by atoms with E-state index in [-0.39, 0.29) is 0 Å². The summed E-state index contributed by atoms with van der Waals surface area (Å²) in [6.45, 7) is 0. The highest BCUT2D eigenvalue weighted by molar-refractivity contribution is 5.79. The molecule has 3 nitrogen and oxygen atoms in total. The van der Waals surface area contributed by atoms with Crippen LogP contribution in [0.3, 0.4) is 0 Å². The molecular weight excluding hydrogens is 248 g/mol. The van der Waals surface area contributed by atoms with Gasteiger partial charge in [-0.05, 0) is 44.0 Å². The number of rotatable bonds is 3. The third-order valence-corrected chi connectivity index (χ3v) is 4.88. The lowest BCUT2D eigenvalue weighted by molar-refractivity contribution is 0.0863. The number of fused-ring (bicyclic) bond motifs is 3. The smallest absolute Gasteiger partial charge is 0.0705 e. The largest absolute Gasteiger partial charge is 0.375 e. The highest BCUT2D eigenvalue weighted by atomic mass is 16.5. The molecule has 104 valence electrons. The van der Waals surface area contributed by atoms with Crippen LogP contribution in [-0.4, -0.2) is 24.2 Å². The van der Waals surface area contributed by atoms with Gasteiger partial charge in [-0.1, -0.05) is 18.2 Å². The molecule has 3 heterocycles. The molecule has 2 saturated heterocycles. The minimum absolute atomic E-state index is 0.372. The van der Waals surface area contributed by atoms with Crippen molar-refractivity contribution in [2.75, 3.05) is 7.05 Å². The second kappa shape index (κ2) is 4.83. The minimum Gasteiger partial charge on any atom is -0.375 e. The van der Waals surface area contributed by atoms with Crippen LogP contribution < -0.4 is 5.32 Å². The summed E-state index contributed by atoms with van der Waals surface area (Å²) in [6, 6.07) is 11.1. The topological polar surface area (TPSA) is 34.2 Å². The first-order chi connectivity index (χ1) is 9.85. The molecule has 3 heteroatoms. The maximum Gasteiger partial charge on any atom is 0.0705 e. The lowest BCUT2D eigenvalue weighted by Gasteiger charge is -2.28. The molecule has 4 unspecified atom stereocenters. The summed E-state index contributed by atoms with van der Waals surface area (Å²) in [6.07, 6.45) is 6.46. The van der Waals surface area contributed by atoms with Gasteiger partial charge in [0.1, 0.15) is 0 Å². The molecule has 2 bridgehead atoms. The molecule has 0 spiro atoms. The third-order valence-electron chi connectivity index (χ3n) is 4.88. The van der Waals surface area contributed by atoms with Gasteiger partial charge in [0.2, 0.25) is 0 Å². The van der Waals surface area contributed by atoms with Gasteiger partial charge >= 0.3 is 0 Å². The van der Waals surface area contributed by atoms with E-state index < -0.39 is 0 Å². The number of aromatic nitrogens is 1. The summed E-state index contributed by atoms with van der Waals surface area (Å²) < 4.78 is 6.02. The molecule has 4 rings (SSSR count). The van der Waals surface area contributed by atoms with Gasteiger partial charge in [0.25, 0.3) is 0 Å². The van der Waals surface area contributed by atoms with Gasteiger partial charge in [-0.15, -0.1) is 0 Å². The van der Waals surface area contributed by atoms with Crippen LogP contribution in [0, 0.1) is 5.92 Å². The number of pyridine rings is 1. The van der Waals surface area contributed by atoms with Crippen LogP contribution in [0.2, 0.25) is 0 Å². The predicted octanol–water partition coefficient (Wildman–Crippen LogP) is 3.06. The number of nitrogens with zero attached hydrogens (tertiary/aromatic N) is 1. The summed E-state index contributed by atoms with van der Waals surface area (Å²) in [4.78, 5) is 4.47. The van der Waals surface area contributed by atoms with Crippen LogP contribution >= 0.6 is 0 Å². The Morgan fingerprint density at radius 3 is 3.00 bits per heavy atom. The summed E-state index contributed by atoms with van der Waals surface area (Å²) in [7, 11) is 2.05. The van der Waals surface area contributed by atoms with Crippen LogP contribution in [-0.2, 0) is 4.74 Å². The Morgan fingerprint density at radius 2 is 2.25 bits per heavy atom. The average molecular weight is 268 g/mol. The Kier molecular flexibility index (Phi) is 2.97. The van der Waals surface area contributed by atoms with Crippen molar-refractivity contribution in [3.05, 3.63) is 42.1 Å². The molecule has 0 saturated carbocycles. The highest BCUT2D eigenvalue weighted by Crippen LogP contribution is 2.44. The van der Waals surface area contributed by atoms with Crippen molar-refractivity contribution in [3.63, 3.8) is 0 Å². The first kappa shape index (κ1) is 12.3. The van der Waals surface area contributed by atoms with Gasteiger partial charge in [-0.25, -0.2) is 0 Å². The van der Waals surface area contributed by atoms with Gasteiger partial charge in [-0.3, -0.25) is 4.98 Å². The van der Waals surface area contributed by atoms with Crippen molar-refractivity contribution in [2.45, 2.75) is 37.5 Å². The Balaban J connectivity index is 1.68. The van der Waals surface area contributed by atoms with Crippen molar-refractivity contribution >= 4 is 10.9 Å². The first-order valence-electron chi connectivity index (χ1n) is 7.52. The van der Waals surface area contributed by atoms with E-state index in [1.54, 1.807) is 0 Å². The van der Waals surface area contributed by atoms with Crippen molar-refractivity contribution in [3.8, 4) is 0 Å². The third kappa shape index (κ3) is 1.93. The van der Waals surface area contributed by atoms with Crippen molar-refractivity contribution in [1.29, 1.82) is 0 Å². The Morgan fingerprint density at radius 1 is 1.30 bits per heavy atom. The number of ether oxygens (including phenoxy) is 1. The molecule has 0 aliphatic carbocycles. The van der Waals surface area contributed by atoms with E-state index in [1.165, 1.54) is 30.2 Å². The fourth-order valence-corrected chi connectivity index (χ4v) is 3.93. The SMILES string of the molecule is CNC(c1ccc2cccnc2c1)C1CC2CCC1O2. The quantitative estimate of drug-likeness (QED) is 0.929. The Labute approximate surface area is 119 Å². The monoisotopic (exact) mass is 268 g/mol. The van der Waals surface area contributed by atoms with E-state index in [0.717, 1.165) is 5.52 Å². The number of nitrogens with one attached hydrogen (secondary N) is 1. The molecule has 0 amide bonds. The van der Waals surface area contributed by atoms with Crippen LogP contribution in [0.5, 0.6) is 0 Å². The fraction of sp³-hybridized carbons (Fsp3) is 0.471. The van der Waals surface area contributed by atoms with Gasteiger partial charge in [0.05, 0.1) is 17.7 Å². The Hall–Kier alpha value is -1.45. The van der Waals surface area contributed by atoms with Gasteiger partial charge in [0.15, 0.2) is 0 Å². The van der Waals surface area contributed by atoms with E-state index in [2.05, 4.69) is 41.6 Å². The zero-order valence-corrected chi connectivity index (χ0v) is 11.8. The van der Waals surface area contributed by atoms with Crippen LogP contribution in [0.25, 0.3) is 10.9 Å². The van der Waals surface area contributed by atoms with E-state index in [1.807, 2.05) is 12.3 Å². The molecule has 2 aromatic rings. The van der Waals surface area contributed by atoms with Gasteiger partial charge < -0.3 is 10.1 Å². The van der Waals surface area contributed by atoms with Crippen LogP contribution in [0.15, 0.2) is 36.5 Å². The second-order valence-corrected chi connectivity index (χ2v) is 6.00. The minimum atomic E-state index is 0.372. The van der Waals surface area contributed by atoms with E-state index in [9.17, 15) is 0 Å². The molecule has 2 fully saturated rings. The molecule has 1 aromatic heterocycles. The average Bonchev–Trinajstić information content (AvgIpc) is 3.11. The lowest BCUT2D eigenvalue weighted by atomic mass is 9.81. The normalized spacial score (nSPS) is 29.9. The number of benzene rings is 1. The summed E-state index contributed by atoms with van der Waals surface area (Å²) in [5.74, 6) is 0.597. The van der Waals surface area contributed by atoms with Crippen molar-refractivity contribution in [2.24, 2.45) is 5.92 Å². The van der Waals surface area contributed by atoms with Crippen LogP contribution in [0.1, 0.15) is 30.9 Å². The molecule has 2 aliphatic rings. The number of hydrogen-bond acceptors (Lipinski definition) is 3. The highest BCUT2D eigenvalue weighted by Gasteiger charge is 2.44. The first-order valence-corrected chi connectivity index (χ1v) is 7.52. The van der Waals surface area contributed by atoms with E-state index >= 15 is 0 Å². The number of hydrogen-bond donors (Lipinski definition) is 1. The zero-order chi connectivity index (χ0) is 13.5. The fourth-order valence-electron chi connectivity index (χ4n) is 3.93. The second-order valence-electron chi connectivity index (χ2n) is 6.00. The molecule has 1 aromatic carbocycles. The molecule has 4 atom stereocenters. The lowest BCUT2D eigenvalue weighted by Crippen LogP contribution is -2.31. The van der Waals surface area contributed by atoms with Crippen LogP contribution in [0.4, 0.5) is 0 Å². The van der Waals surface area contributed by atoms with Gasteiger partial charge in [0, 0.05) is 23.5 Å². The summed E-state index contributed by atoms with van der Waals surface area (Å²) in [5, 5.41) is 4.71. The molecule has 2 aliphatic heterocycles. The summed E-state index contributed by atoms with van der Waals surface area (Å²) in [5.41, 5.74) is 2.41. The van der Waals surface area contributed by atoms with E-state index in [0.29, 0.717) is 24.2 Å².